The van der Waals surface area contributed by atoms with Crippen LogP contribution in [0, 0.1) is 23.0 Å². The van der Waals surface area contributed by atoms with E-state index in [-0.39, 0.29) is 39.2 Å². The van der Waals surface area contributed by atoms with Gasteiger partial charge in [-0.1, -0.05) is 42.5 Å². The molecule has 1 aliphatic rings. The summed E-state index contributed by atoms with van der Waals surface area (Å²) in [4.78, 5) is 26.6. The first-order valence-corrected chi connectivity index (χ1v) is 11.6. The predicted octanol–water partition coefficient (Wildman–Crippen LogP) is 3.35. The fourth-order valence-corrected chi connectivity index (χ4v) is 4.86. The van der Waals surface area contributed by atoms with E-state index < -0.39 is 23.0 Å². The van der Waals surface area contributed by atoms with Crippen LogP contribution in [0.2, 0.25) is 0 Å². The number of aromatic nitrogens is 1. The number of benzene rings is 3. The molecule has 0 atom stereocenters. The summed E-state index contributed by atoms with van der Waals surface area (Å²) in [5, 5.41) is 9.92. The number of Topliss-reactive ketones (excluding diaryl/α,β-unsaturated/α-hetero) is 1. The van der Waals surface area contributed by atoms with Crippen molar-refractivity contribution in [1.29, 1.82) is 5.26 Å². The highest BCUT2D eigenvalue weighted by Gasteiger charge is 2.19. The van der Waals surface area contributed by atoms with Crippen LogP contribution in [0.3, 0.4) is 0 Å². The van der Waals surface area contributed by atoms with Crippen LogP contribution in [0.4, 0.5) is 8.78 Å². The van der Waals surface area contributed by atoms with Crippen molar-refractivity contribution in [3.8, 4) is 17.6 Å². The summed E-state index contributed by atoms with van der Waals surface area (Å²) in [5.74, 6) is -1.18. The highest BCUT2D eigenvalue weighted by atomic mass is 32.1. The van der Waals surface area contributed by atoms with Crippen molar-refractivity contribution in [2.45, 2.75) is 6.54 Å². The molecule has 6 nitrogen and oxygen atoms in total. The molecule has 9 heteroatoms. The fraction of sp³-hybridized carbons (Fsp3) is 0.0741. The van der Waals surface area contributed by atoms with Crippen LogP contribution >= 0.6 is 11.3 Å². The maximum Gasteiger partial charge on any atom is 0.269 e. The number of hydrogen-bond donors (Lipinski definition) is 0. The molecule has 1 aromatic heterocycles. The number of thiazole rings is 1. The molecule has 0 N–H and O–H groups in total. The number of hydrogen-bond acceptors (Lipinski definition) is 6. The van der Waals surface area contributed by atoms with E-state index in [1.54, 1.807) is 48.5 Å². The number of carbonyl (C=O) groups is 1. The average molecular weight is 502 g/mol. The Morgan fingerprint density at radius 3 is 2.47 bits per heavy atom. The van der Waals surface area contributed by atoms with Gasteiger partial charge in [0, 0.05) is 11.1 Å². The van der Waals surface area contributed by atoms with Crippen molar-refractivity contribution in [2.75, 3.05) is 6.79 Å². The van der Waals surface area contributed by atoms with E-state index in [0.717, 1.165) is 29.5 Å². The topological polar surface area (TPSA) is 81.3 Å². The number of fused-ring (bicyclic) bond motifs is 1. The van der Waals surface area contributed by atoms with Crippen LogP contribution in [0.15, 0.2) is 71.5 Å². The molecule has 0 aliphatic carbocycles. The Bertz CT molecular complexity index is 1700. The second kappa shape index (κ2) is 9.60. The predicted molar refractivity (Wildman–Crippen MR) is 129 cm³/mol. The third kappa shape index (κ3) is 4.30. The summed E-state index contributed by atoms with van der Waals surface area (Å²) in [6.45, 7) is 0.0653. The van der Waals surface area contributed by atoms with Gasteiger partial charge in [-0.25, -0.2) is 8.78 Å². The minimum absolute atomic E-state index is 0.0118. The Hall–Kier alpha value is -4.55. The van der Waals surface area contributed by atoms with E-state index >= 15 is 0 Å². The van der Waals surface area contributed by atoms with E-state index in [0.29, 0.717) is 17.1 Å². The van der Waals surface area contributed by atoms with Crippen molar-refractivity contribution in [2.24, 2.45) is 0 Å². The lowest BCUT2D eigenvalue weighted by molar-refractivity contribution is 0.105. The van der Waals surface area contributed by atoms with Gasteiger partial charge in [-0.05, 0) is 35.9 Å². The number of rotatable bonds is 5. The zero-order valence-electron chi connectivity index (χ0n) is 18.5. The number of carbonyl (C=O) groups excluding carboxylic acids is 1. The van der Waals surface area contributed by atoms with Gasteiger partial charge < -0.3 is 9.47 Å². The first kappa shape index (κ1) is 23.2. The van der Waals surface area contributed by atoms with Gasteiger partial charge in [0.05, 0.1) is 11.1 Å². The summed E-state index contributed by atoms with van der Waals surface area (Å²) < 4.78 is 40.7. The normalized spacial score (nSPS) is 13.4. The summed E-state index contributed by atoms with van der Waals surface area (Å²) in [6.07, 6.45) is 1.10. The molecule has 36 heavy (non-hydrogen) atoms. The second-order valence-corrected chi connectivity index (χ2v) is 8.84. The lowest BCUT2D eigenvalue weighted by Gasteiger charge is -2.06. The van der Waals surface area contributed by atoms with Crippen LogP contribution in [-0.4, -0.2) is 17.1 Å². The molecule has 0 amide bonds. The molecule has 0 saturated carbocycles. The quantitative estimate of drug-likeness (QED) is 0.391. The van der Waals surface area contributed by atoms with E-state index in [1.165, 1.54) is 10.6 Å². The zero-order valence-corrected chi connectivity index (χ0v) is 19.4. The molecule has 0 unspecified atom stereocenters. The molecular weight excluding hydrogens is 486 g/mol. The highest BCUT2D eigenvalue weighted by molar-refractivity contribution is 7.07. The molecule has 0 fully saturated rings. The first-order chi connectivity index (χ1) is 17.5. The van der Waals surface area contributed by atoms with Crippen LogP contribution in [0.5, 0.6) is 11.5 Å². The standard InChI is InChI=1S/C27H16F2N2O4S/c28-20-7-4-8-21(29)18(20)12-24-26(33)31(14-16-9-10-22-23(11-16)35-15-34-22)27(36-24)19(13-30)25(32)17-5-2-1-3-6-17/h1-12H,14-15H2. The van der Waals surface area contributed by atoms with Gasteiger partial charge in [0.15, 0.2) is 11.5 Å². The van der Waals surface area contributed by atoms with E-state index in [9.17, 15) is 23.6 Å². The maximum atomic E-state index is 14.3. The van der Waals surface area contributed by atoms with Crippen molar-refractivity contribution in [3.63, 3.8) is 0 Å². The third-order valence-corrected chi connectivity index (χ3v) is 6.68. The van der Waals surface area contributed by atoms with E-state index in [4.69, 9.17) is 9.47 Å². The maximum absolute atomic E-state index is 14.3. The molecule has 5 rings (SSSR count). The van der Waals surface area contributed by atoms with Crippen LogP contribution in [-0.2, 0) is 6.54 Å². The second-order valence-electron chi connectivity index (χ2n) is 7.81. The van der Waals surface area contributed by atoms with Gasteiger partial charge in [-0.15, -0.1) is 11.3 Å². The van der Waals surface area contributed by atoms with Gasteiger partial charge in [0.1, 0.15) is 27.9 Å². The lowest BCUT2D eigenvalue weighted by atomic mass is 10.1. The Morgan fingerprint density at radius 1 is 1.03 bits per heavy atom. The van der Waals surface area contributed by atoms with Crippen molar-refractivity contribution >= 4 is 28.8 Å². The average Bonchev–Trinajstić information content (AvgIpc) is 3.47. The van der Waals surface area contributed by atoms with Gasteiger partial charge in [0.2, 0.25) is 12.6 Å². The van der Waals surface area contributed by atoms with Crippen molar-refractivity contribution < 1.29 is 23.0 Å². The summed E-state index contributed by atoms with van der Waals surface area (Å²) in [6, 6.07) is 18.6. The zero-order chi connectivity index (χ0) is 25.2. The smallest absolute Gasteiger partial charge is 0.269 e. The first-order valence-electron chi connectivity index (χ1n) is 10.7. The molecule has 1 aliphatic heterocycles. The third-order valence-electron chi connectivity index (χ3n) is 5.55. The molecule has 0 bridgehead atoms. The molecule has 0 saturated heterocycles. The minimum Gasteiger partial charge on any atom is -0.454 e. The van der Waals surface area contributed by atoms with Crippen LogP contribution < -0.4 is 24.2 Å². The Labute approximate surface area is 207 Å². The number of ether oxygens (including phenoxy) is 2. The van der Waals surface area contributed by atoms with Crippen molar-refractivity contribution in [1.82, 2.24) is 4.57 Å². The molecule has 0 radical (unpaired) electrons. The summed E-state index contributed by atoms with van der Waals surface area (Å²) >= 11 is 0.824. The lowest BCUT2D eigenvalue weighted by Crippen LogP contribution is -2.33. The van der Waals surface area contributed by atoms with Gasteiger partial charge in [0.25, 0.3) is 5.56 Å². The van der Waals surface area contributed by atoms with Gasteiger partial charge >= 0.3 is 0 Å². The molecule has 2 heterocycles. The highest BCUT2D eigenvalue weighted by Crippen LogP contribution is 2.32. The molecule has 178 valence electrons. The van der Waals surface area contributed by atoms with Crippen molar-refractivity contribution in [3.05, 3.63) is 115 Å². The number of nitrogens with zero attached hydrogens (tertiary/aromatic N) is 2. The fourth-order valence-electron chi connectivity index (χ4n) is 3.78. The van der Waals surface area contributed by atoms with E-state index in [1.807, 2.05) is 6.07 Å². The largest absolute Gasteiger partial charge is 0.454 e. The molecule has 3 aromatic carbocycles. The number of ketones is 1. The number of halogens is 2. The van der Waals surface area contributed by atoms with E-state index in [2.05, 4.69) is 0 Å². The Kier molecular flexibility index (Phi) is 6.19. The molecule has 0 spiro atoms. The molecular formula is C27H16F2N2O4S. The Balaban J connectivity index is 1.75. The van der Waals surface area contributed by atoms with Gasteiger partial charge in [-0.3, -0.25) is 14.2 Å². The monoisotopic (exact) mass is 502 g/mol. The van der Waals surface area contributed by atoms with Crippen LogP contribution in [0.1, 0.15) is 21.5 Å². The SMILES string of the molecule is N#CC(C(=O)c1ccccc1)=c1sc(=Cc2c(F)cccc2F)c(=O)n1Cc1ccc2c(c1)OCO2. The summed E-state index contributed by atoms with van der Waals surface area (Å²) in [7, 11) is 0. The summed E-state index contributed by atoms with van der Waals surface area (Å²) in [5.41, 5.74) is -0.309. The minimum atomic E-state index is -0.837. The van der Waals surface area contributed by atoms with Crippen LogP contribution in [0.25, 0.3) is 11.6 Å². The number of nitriles is 1. The Morgan fingerprint density at radius 2 is 1.75 bits per heavy atom. The van der Waals surface area contributed by atoms with Gasteiger partial charge in [-0.2, -0.15) is 5.26 Å². The molecule has 4 aromatic rings.